The van der Waals surface area contributed by atoms with Crippen LogP contribution < -0.4 is 10.2 Å². The van der Waals surface area contributed by atoms with Crippen LogP contribution in [-0.2, 0) is 17.6 Å². The van der Waals surface area contributed by atoms with Gasteiger partial charge in [-0.25, -0.2) is 0 Å². The molecule has 2 heterocycles. The normalized spacial score (nSPS) is 18.7. The van der Waals surface area contributed by atoms with E-state index in [0.29, 0.717) is 12.6 Å². The second kappa shape index (κ2) is 8.19. The monoisotopic (exact) mass is 351 g/mol. The van der Waals surface area contributed by atoms with Crippen molar-refractivity contribution in [3.63, 3.8) is 0 Å². The summed E-state index contributed by atoms with van der Waals surface area (Å²) in [6.07, 6.45) is 8.00. The molecule has 0 radical (unpaired) electrons. The molecule has 1 aromatic carbocycles. The van der Waals surface area contributed by atoms with Gasteiger partial charge < -0.3 is 15.0 Å². The molecule has 1 saturated heterocycles. The van der Waals surface area contributed by atoms with Crippen molar-refractivity contribution < 1.29 is 4.74 Å². The van der Waals surface area contributed by atoms with E-state index in [4.69, 9.17) is 4.74 Å². The van der Waals surface area contributed by atoms with Crippen molar-refractivity contribution in [2.75, 3.05) is 31.7 Å². The van der Waals surface area contributed by atoms with Crippen molar-refractivity contribution in [1.29, 1.82) is 0 Å². The molecule has 1 aliphatic heterocycles. The molecule has 138 valence electrons. The Hall–Kier alpha value is -1.91. The number of aromatic nitrogens is 1. The molecule has 1 N–H and O–H groups in total. The van der Waals surface area contributed by atoms with Crippen LogP contribution in [0.5, 0.6) is 0 Å². The zero-order valence-electron chi connectivity index (χ0n) is 15.7. The van der Waals surface area contributed by atoms with E-state index in [1.165, 1.54) is 24.9 Å². The lowest BCUT2D eigenvalue weighted by molar-refractivity contribution is 0.156. The van der Waals surface area contributed by atoms with Gasteiger partial charge >= 0.3 is 0 Å². The summed E-state index contributed by atoms with van der Waals surface area (Å²) in [5.74, 6) is 0. The summed E-state index contributed by atoms with van der Waals surface area (Å²) in [5, 5.41) is 3.77. The van der Waals surface area contributed by atoms with E-state index < -0.39 is 0 Å². The van der Waals surface area contributed by atoms with Gasteiger partial charge in [-0.05, 0) is 67.5 Å². The number of fused-ring (bicyclic) bond motifs is 1. The quantitative estimate of drug-likeness (QED) is 0.864. The van der Waals surface area contributed by atoms with Crippen molar-refractivity contribution >= 4 is 5.69 Å². The fourth-order valence-corrected chi connectivity index (χ4v) is 4.31. The number of piperidine rings is 1. The highest BCUT2D eigenvalue weighted by atomic mass is 16.5. The predicted octanol–water partition coefficient (Wildman–Crippen LogP) is 3.52. The Bertz CT molecular complexity index is 711. The summed E-state index contributed by atoms with van der Waals surface area (Å²) in [4.78, 5) is 7.05. The van der Waals surface area contributed by atoms with E-state index in [1.807, 2.05) is 18.3 Å². The van der Waals surface area contributed by atoms with Crippen LogP contribution in [0.1, 0.15) is 42.1 Å². The molecule has 0 spiro atoms. The number of hydrogen-bond acceptors (Lipinski definition) is 4. The van der Waals surface area contributed by atoms with Gasteiger partial charge in [0.1, 0.15) is 0 Å². The number of rotatable bonds is 6. The minimum Gasteiger partial charge on any atom is -0.383 e. The van der Waals surface area contributed by atoms with E-state index in [1.54, 1.807) is 18.2 Å². The maximum atomic E-state index is 5.42. The van der Waals surface area contributed by atoms with Crippen molar-refractivity contribution in [2.24, 2.45) is 0 Å². The SMILES string of the molecule is COCC(NC1CCN(c2ccc3c(c2)CCC3)CC1)c1ccccn1. The molecule has 0 saturated carbocycles. The van der Waals surface area contributed by atoms with Gasteiger partial charge in [0, 0.05) is 38.1 Å². The van der Waals surface area contributed by atoms with E-state index in [2.05, 4.69) is 39.5 Å². The van der Waals surface area contributed by atoms with Crippen LogP contribution in [0.4, 0.5) is 5.69 Å². The lowest BCUT2D eigenvalue weighted by Gasteiger charge is -2.36. The largest absolute Gasteiger partial charge is 0.383 e. The van der Waals surface area contributed by atoms with Gasteiger partial charge in [0.05, 0.1) is 18.3 Å². The first kappa shape index (κ1) is 17.5. The lowest BCUT2D eigenvalue weighted by Crippen LogP contribution is -2.44. The molecule has 0 bridgehead atoms. The molecule has 1 unspecified atom stereocenters. The van der Waals surface area contributed by atoms with Gasteiger partial charge in [-0.2, -0.15) is 0 Å². The van der Waals surface area contributed by atoms with Crippen molar-refractivity contribution in [1.82, 2.24) is 10.3 Å². The average molecular weight is 351 g/mol. The maximum absolute atomic E-state index is 5.42. The Kier molecular flexibility index (Phi) is 5.51. The van der Waals surface area contributed by atoms with E-state index in [-0.39, 0.29) is 6.04 Å². The number of anilines is 1. The van der Waals surface area contributed by atoms with E-state index in [9.17, 15) is 0 Å². The van der Waals surface area contributed by atoms with Crippen LogP contribution in [0, 0.1) is 0 Å². The fourth-order valence-electron chi connectivity index (χ4n) is 4.31. The summed E-state index contributed by atoms with van der Waals surface area (Å²) in [6.45, 7) is 2.87. The standard InChI is InChI=1S/C22H29N3O/c1-26-16-22(21-7-2-3-12-23-21)24-19-10-13-25(14-11-19)20-9-8-17-5-4-6-18(17)15-20/h2-3,7-9,12,15,19,22,24H,4-6,10-11,13-14,16H2,1H3. The molecule has 26 heavy (non-hydrogen) atoms. The smallest absolute Gasteiger partial charge is 0.0734 e. The van der Waals surface area contributed by atoms with Crippen LogP contribution in [0.2, 0.25) is 0 Å². The third kappa shape index (κ3) is 3.92. The number of pyridine rings is 1. The van der Waals surface area contributed by atoms with Crippen LogP contribution in [0.3, 0.4) is 0 Å². The molecular formula is C22H29N3O. The average Bonchev–Trinajstić information content (AvgIpc) is 3.17. The third-order valence-electron chi connectivity index (χ3n) is 5.76. The molecule has 4 rings (SSSR count). The van der Waals surface area contributed by atoms with Crippen molar-refractivity contribution in [2.45, 2.75) is 44.2 Å². The van der Waals surface area contributed by atoms with Crippen molar-refractivity contribution in [3.05, 3.63) is 59.4 Å². The summed E-state index contributed by atoms with van der Waals surface area (Å²) in [5.41, 5.74) is 5.60. The van der Waals surface area contributed by atoms with Gasteiger partial charge in [0.25, 0.3) is 0 Å². The number of nitrogens with zero attached hydrogens (tertiary/aromatic N) is 2. The topological polar surface area (TPSA) is 37.4 Å². The summed E-state index contributed by atoms with van der Waals surface area (Å²) in [7, 11) is 1.76. The van der Waals surface area contributed by atoms with Gasteiger partial charge in [-0.1, -0.05) is 12.1 Å². The molecule has 2 aliphatic rings. The van der Waals surface area contributed by atoms with Gasteiger partial charge in [-0.3, -0.25) is 4.98 Å². The van der Waals surface area contributed by atoms with Crippen LogP contribution in [-0.4, -0.2) is 37.8 Å². The Morgan fingerprint density at radius 3 is 2.77 bits per heavy atom. The first-order chi connectivity index (χ1) is 12.8. The van der Waals surface area contributed by atoms with E-state index >= 15 is 0 Å². The second-order valence-corrected chi connectivity index (χ2v) is 7.50. The molecule has 2 aromatic rings. The van der Waals surface area contributed by atoms with Gasteiger partial charge in [0.2, 0.25) is 0 Å². The molecule has 1 aromatic heterocycles. The molecule has 1 aliphatic carbocycles. The van der Waals surface area contributed by atoms with Crippen LogP contribution >= 0.6 is 0 Å². The fraction of sp³-hybridized carbons (Fsp3) is 0.500. The minimum absolute atomic E-state index is 0.165. The first-order valence-electron chi connectivity index (χ1n) is 9.86. The summed E-state index contributed by atoms with van der Waals surface area (Å²) < 4.78 is 5.42. The highest BCUT2D eigenvalue weighted by Crippen LogP contribution is 2.28. The van der Waals surface area contributed by atoms with Crippen LogP contribution in [0.15, 0.2) is 42.6 Å². The molecular weight excluding hydrogens is 322 g/mol. The minimum atomic E-state index is 0.165. The van der Waals surface area contributed by atoms with E-state index in [0.717, 1.165) is 31.6 Å². The Balaban J connectivity index is 1.35. The van der Waals surface area contributed by atoms with Crippen LogP contribution in [0.25, 0.3) is 0 Å². The number of benzene rings is 1. The Morgan fingerprint density at radius 2 is 2.00 bits per heavy atom. The lowest BCUT2D eigenvalue weighted by atomic mass is 10.0. The zero-order chi connectivity index (χ0) is 17.8. The maximum Gasteiger partial charge on any atom is 0.0734 e. The number of nitrogens with one attached hydrogen (secondary N) is 1. The Labute approximate surface area is 156 Å². The predicted molar refractivity (Wildman–Crippen MR) is 106 cm³/mol. The van der Waals surface area contributed by atoms with Crippen molar-refractivity contribution in [3.8, 4) is 0 Å². The second-order valence-electron chi connectivity index (χ2n) is 7.50. The first-order valence-corrected chi connectivity index (χ1v) is 9.86. The highest BCUT2D eigenvalue weighted by molar-refractivity contribution is 5.52. The van der Waals surface area contributed by atoms with Gasteiger partial charge in [-0.15, -0.1) is 0 Å². The summed E-state index contributed by atoms with van der Waals surface area (Å²) in [6, 6.07) is 13.9. The van der Waals surface area contributed by atoms with Gasteiger partial charge in [0.15, 0.2) is 0 Å². The number of ether oxygens (including phenoxy) is 1. The summed E-state index contributed by atoms with van der Waals surface area (Å²) >= 11 is 0. The number of methoxy groups -OCH3 is 1. The zero-order valence-corrected chi connectivity index (χ0v) is 15.7. The highest BCUT2D eigenvalue weighted by Gasteiger charge is 2.24. The molecule has 0 amide bonds. The molecule has 4 nitrogen and oxygen atoms in total. The Morgan fingerprint density at radius 1 is 1.15 bits per heavy atom. The molecule has 1 fully saturated rings. The molecule has 1 atom stereocenters. The third-order valence-corrected chi connectivity index (χ3v) is 5.76. The number of aryl methyl sites for hydroxylation is 2. The molecule has 4 heteroatoms. The number of hydrogen-bond donors (Lipinski definition) is 1.